The summed E-state index contributed by atoms with van der Waals surface area (Å²) in [7, 11) is 0. The number of hydrogen-bond donors (Lipinski definition) is 2. The molecule has 0 fully saturated rings. The van der Waals surface area contributed by atoms with Crippen molar-refractivity contribution in [2.45, 2.75) is 146 Å². The number of rotatable bonds is 17. The number of para-hydroxylation sites is 1. The molecule has 0 aliphatic carbocycles. The average molecular weight is 533 g/mol. The third-order valence-corrected chi connectivity index (χ3v) is 8.71. The van der Waals surface area contributed by atoms with Crippen LogP contribution in [0.15, 0.2) is 30.3 Å². The summed E-state index contributed by atoms with van der Waals surface area (Å²) in [4.78, 5) is 11.8. The second kappa shape index (κ2) is 19.5. The van der Waals surface area contributed by atoms with Gasteiger partial charge in [0.25, 0.3) is 0 Å². The van der Waals surface area contributed by atoms with Gasteiger partial charge in [0.15, 0.2) is 0 Å². The van der Waals surface area contributed by atoms with Crippen LogP contribution in [0, 0.1) is 34.5 Å². The van der Waals surface area contributed by atoms with Crippen LogP contribution in [0.4, 0.5) is 0 Å². The van der Waals surface area contributed by atoms with Gasteiger partial charge in [-0.3, -0.25) is 4.79 Å². The summed E-state index contributed by atoms with van der Waals surface area (Å²) in [6.07, 6.45) is 17.0. The molecule has 0 saturated heterocycles. The summed E-state index contributed by atoms with van der Waals surface area (Å²) < 4.78 is 0. The molecule has 4 unspecified atom stereocenters. The molecule has 0 aromatic heterocycles. The molecule has 3 nitrogen and oxygen atoms in total. The van der Waals surface area contributed by atoms with Crippen molar-refractivity contribution >= 4 is 5.97 Å². The van der Waals surface area contributed by atoms with E-state index in [1.165, 1.54) is 70.6 Å². The highest BCUT2D eigenvalue weighted by Crippen LogP contribution is 2.41. The van der Waals surface area contributed by atoms with Gasteiger partial charge in [-0.2, -0.15) is 0 Å². The van der Waals surface area contributed by atoms with Crippen molar-refractivity contribution in [3.8, 4) is 5.75 Å². The van der Waals surface area contributed by atoms with Crippen LogP contribution in [0.3, 0.4) is 0 Å². The molecule has 222 valence electrons. The minimum absolute atomic E-state index is 0.226. The van der Waals surface area contributed by atoms with Crippen molar-refractivity contribution in [2.24, 2.45) is 34.5 Å². The Kier molecular flexibility index (Phi) is 18.8. The molecule has 0 amide bonds. The van der Waals surface area contributed by atoms with Gasteiger partial charge in [0, 0.05) is 0 Å². The molecular weight excluding hydrogens is 468 g/mol. The summed E-state index contributed by atoms with van der Waals surface area (Å²) in [6.45, 7) is 20.4. The molecule has 38 heavy (non-hydrogen) atoms. The van der Waals surface area contributed by atoms with E-state index in [1.54, 1.807) is 24.3 Å². The van der Waals surface area contributed by atoms with E-state index in [0.29, 0.717) is 17.6 Å². The SMILES string of the molecule is CCCCCCCCCCCCC(CC(CC(C)C(C)(C)C)C(C)C(=O)O)C(C)(C)C.Oc1ccccc1. The predicted octanol–water partition coefficient (Wildman–Crippen LogP) is 11.2. The van der Waals surface area contributed by atoms with Crippen molar-refractivity contribution in [3.63, 3.8) is 0 Å². The lowest BCUT2D eigenvalue weighted by atomic mass is 9.67. The van der Waals surface area contributed by atoms with Crippen LogP contribution in [0.1, 0.15) is 146 Å². The zero-order valence-electron chi connectivity index (χ0n) is 26.7. The quantitative estimate of drug-likeness (QED) is 0.196. The summed E-state index contributed by atoms with van der Waals surface area (Å²) in [6, 6.07) is 8.71. The smallest absolute Gasteiger partial charge is 0.306 e. The van der Waals surface area contributed by atoms with Gasteiger partial charge >= 0.3 is 5.97 Å². The number of aliphatic carboxylic acids is 1. The topological polar surface area (TPSA) is 57.5 Å². The normalized spacial score (nSPS) is 15.2. The number of benzene rings is 1. The van der Waals surface area contributed by atoms with Crippen LogP contribution in [0.2, 0.25) is 0 Å². The maximum atomic E-state index is 11.8. The van der Waals surface area contributed by atoms with Crippen LogP contribution in [0.25, 0.3) is 0 Å². The summed E-state index contributed by atoms with van der Waals surface area (Å²) >= 11 is 0. The second-order valence-corrected chi connectivity index (χ2v) is 14.0. The molecule has 0 bridgehead atoms. The molecule has 1 aromatic carbocycles. The third kappa shape index (κ3) is 17.9. The minimum atomic E-state index is -0.627. The maximum Gasteiger partial charge on any atom is 0.306 e. The predicted molar refractivity (Wildman–Crippen MR) is 166 cm³/mol. The van der Waals surface area contributed by atoms with Crippen molar-refractivity contribution in [1.29, 1.82) is 0 Å². The van der Waals surface area contributed by atoms with Gasteiger partial charge in [-0.1, -0.05) is 145 Å². The Morgan fingerprint density at radius 3 is 1.58 bits per heavy atom. The van der Waals surface area contributed by atoms with E-state index < -0.39 is 5.97 Å². The number of unbranched alkanes of at least 4 members (excludes halogenated alkanes) is 9. The van der Waals surface area contributed by atoms with Crippen molar-refractivity contribution < 1.29 is 15.0 Å². The van der Waals surface area contributed by atoms with Gasteiger partial charge in [0.1, 0.15) is 5.75 Å². The minimum Gasteiger partial charge on any atom is -0.508 e. The van der Waals surface area contributed by atoms with Gasteiger partial charge < -0.3 is 10.2 Å². The fourth-order valence-corrected chi connectivity index (χ4v) is 5.09. The van der Waals surface area contributed by atoms with E-state index in [0.717, 1.165) is 12.8 Å². The first kappa shape index (κ1) is 36.5. The van der Waals surface area contributed by atoms with E-state index in [9.17, 15) is 9.90 Å². The number of hydrogen-bond acceptors (Lipinski definition) is 2. The first-order valence-corrected chi connectivity index (χ1v) is 15.7. The highest BCUT2D eigenvalue weighted by Gasteiger charge is 2.34. The number of phenols is 1. The standard InChI is InChI=1S/C29H58O2.C6H6O/c1-10-11-12-13-14-15-16-17-18-19-20-26(29(7,8)9)22-25(24(3)27(30)31)21-23(2)28(4,5)6;7-6-4-2-1-3-5-6/h23-26H,10-22H2,1-9H3,(H,30,31);1-5,7H. The molecular formula is C35H64O3. The first-order valence-electron chi connectivity index (χ1n) is 15.7. The molecule has 0 aliphatic rings. The summed E-state index contributed by atoms with van der Waals surface area (Å²) in [5.41, 5.74) is 0.463. The number of carboxylic acids is 1. The average Bonchev–Trinajstić information content (AvgIpc) is 2.82. The van der Waals surface area contributed by atoms with E-state index in [1.807, 2.05) is 13.0 Å². The molecule has 0 radical (unpaired) electrons. The molecule has 4 atom stereocenters. The molecule has 1 rings (SSSR count). The highest BCUT2D eigenvalue weighted by molar-refractivity contribution is 5.69. The largest absolute Gasteiger partial charge is 0.508 e. The molecule has 0 aliphatic heterocycles. The Balaban J connectivity index is 0.00000167. The van der Waals surface area contributed by atoms with E-state index >= 15 is 0 Å². The lowest BCUT2D eigenvalue weighted by Crippen LogP contribution is -2.31. The van der Waals surface area contributed by atoms with Crippen LogP contribution >= 0.6 is 0 Å². The van der Waals surface area contributed by atoms with E-state index in [-0.39, 0.29) is 22.7 Å². The second-order valence-electron chi connectivity index (χ2n) is 14.0. The number of carboxylic acid groups (broad SMARTS) is 1. The van der Waals surface area contributed by atoms with E-state index in [2.05, 4.69) is 55.4 Å². The fraction of sp³-hybridized carbons (Fsp3) is 0.800. The first-order chi connectivity index (χ1) is 17.7. The van der Waals surface area contributed by atoms with Crippen molar-refractivity contribution in [1.82, 2.24) is 0 Å². The molecule has 0 heterocycles. The Hall–Kier alpha value is -1.51. The zero-order chi connectivity index (χ0) is 29.2. The monoisotopic (exact) mass is 532 g/mol. The van der Waals surface area contributed by atoms with Gasteiger partial charge in [-0.25, -0.2) is 0 Å². The summed E-state index contributed by atoms with van der Waals surface area (Å²) in [5.74, 6) is 0.819. The van der Waals surface area contributed by atoms with Crippen LogP contribution in [0.5, 0.6) is 5.75 Å². The van der Waals surface area contributed by atoms with Crippen LogP contribution in [-0.4, -0.2) is 16.2 Å². The molecule has 0 saturated carbocycles. The molecule has 3 heteroatoms. The Morgan fingerprint density at radius 2 is 1.21 bits per heavy atom. The van der Waals surface area contributed by atoms with Crippen molar-refractivity contribution in [2.75, 3.05) is 0 Å². The van der Waals surface area contributed by atoms with Gasteiger partial charge in [-0.15, -0.1) is 0 Å². The molecule has 1 aromatic rings. The lowest BCUT2D eigenvalue weighted by molar-refractivity contribution is -0.143. The third-order valence-electron chi connectivity index (χ3n) is 8.71. The van der Waals surface area contributed by atoms with E-state index in [4.69, 9.17) is 5.11 Å². The Labute approximate surface area is 237 Å². The van der Waals surface area contributed by atoms with Gasteiger partial charge in [-0.05, 0) is 60.0 Å². The van der Waals surface area contributed by atoms with Crippen LogP contribution in [-0.2, 0) is 4.79 Å². The Morgan fingerprint density at radius 1 is 0.737 bits per heavy atom. The number of carbonyl (C=O) groups is 1. The van der Waals surface area contributed by atoms with Gasteiger partial charge in [0.2, 0.25) is 0 Å². The molecule has 2 N–H and O–H groups in total. The number of aromatic hydroxyl groups is 1. The summed E-state index contributed by atoms with van der Waals surface area (Å²) in [5, 5.41) is 18.4. The lowest BCUT2D eigenvalue weighted by Gasteiger charge is -2.38. The van der Waals surface area contributed by atoms with Crippen LogP contribution < -0.4 is 0 Å². The highest BCUT2D eigenvalue weighted by atomic mass is 16.4. The Bertz CT molecular complexity index is 698. The van der Waals surface area contributed by atoms with Crippen molar-refractivity contribution in [3.05, 3.63) is 30.3 Å². The zero-order valence-corrected chi connectivity index (χ0v) is 26.7. The molecule has 0 spiro atoms. The van der Waals surface area contributed by atoms with Gasteiger partial charge in [0.05, 0.1) is 5.92 Å². The maximum absolute atomic E-state index is 11.8. The fourth-order valence-electron chi connectivity index (χ4n) is 5.09. The number of phenolic OH excluding ortho intramolecular Hbond substituents is 1.